The van der Waals surface area contributed by atoms with E-state index in [1.54, 1.807) is 12.1 Å². The lowest BCUT2D eigenvalue weighted by Gasteiger charge is -2.07. The van der Waals surface area contributed by atoms with Crippen LogP contribution in [0.3, 0.4) is 0 Å². The first-order valence-corrected chi connectivity index (χ1v) is 8.63. The van der Waals surface area contributed by atoms with Crippen LogP contribution < -0.4 is 15.2 Å². The zero-order valence-electron chi connectivity index (χ0n) is 11.4. The molecule has 1 aromatic carbocycles. The Morgan fingerprint density at radius 3 is 2.57 bits per heavy atom. The SMILES string of the molecule is CCc1nnc(NS(=O)(=O)c2ccc(OCCN)cc2)s1. The largest absolute Gasteiger partial charge is 0.492 e. The number of nitrogens with zero attached hydrogens (tertiary/aromatic N) is 2. The van der Waals surface area contributed by atoms with Crippen molar-refractivity contribution in [1.29, 1.82) is 0 Å². The number of hydrogen-bond acceptors (Lipinski definition) is 7. The van der Waals surface area contributed by atoms with Gasteiger partial charge in [-0.15, -0.1) is 10.2 Å². The number of nitrogens with two attached hydrogens (primary N) is 1. The number of hydrogen-bond donors (Lipinski definition) is 2. The highest BCUT2D eigenvalue weighted by molar-refractivity contribution is 7.93. The third-order valence-corrected chi connectivity index (χ3v) is 4.98. The van der Waals surface area contributed by atoms with Crippen molar-refractivity contribution in [2.24, 2.45) is 5.73 Å². The van der Waals surface area contributed by atoms with Gasteiger partial charge in [0, 0.05) is 6.54 Å². The number of sulfonamides is 1. The number of benzene rings is 1. The first-order chi connectivity index (χ1) is 10.0. The van der Waals surface area contributed by atoms with Gasteiger partial charge < -0.3 is 10.5 Å². The zero-order chi connectivity index (χ0) is 15.3. The highest BCUT2D eigenvalue weighted by atomic mass is 32.2. The standard InChI is InChI=1S/C12H16N4O3S2/c1-2-11-14-15-12(20-11)16-21(17,18)10-5-3-9(4-6-10)19-8-7-13/h3-6H,2,7-8,13H2,1H3,(H,15,16). The summed E-state index contributed by atoms with van der Waals surface area (Å²) in [4.78, 5) is 0.135. The fourth-order valence-corrected chi connectivity index (χ4v) is 3.41. The quantitative estimate of drug-likeness (QED) is 0.792. The Bertz CT molecular complexity index is 683. The summed E-state index contributed by atoms with van der Waals surface area (Å²) in [6.07, 6.45) is 0.715. The van der Waals surface area contributed by atoms with Crippen LogP contribution in [0.25, 0.3) is 0 Å². The summed E-state index contributed by atoms with van der Waals surface area (Å²) in [5, 5.41) is 8.70. The molecule has 1 aromatic heterocycles. The van der Waals surface area contributed by atoms with E-state index in [2.05, 4.69) is 14.9 Å². The molecule has 0 aliphatic heterocycles. The van der Waals surface area contributed by atoms with Crippen LogP contribution in [0.2, 0.25) is 0 Å². The molecule has 0 saturated carbocycles. The van der Waals surface area contributed by atoms with Gasteiger partial charge in [0.05, 0.1) is 4.90 Å². The first-order valence-electron chi connectivity index (χ1n) is 6.33. The average molecular weight is 328 g/mol. The molecule has 7 nitrogen and oxygen atoms in total. The third-order valence-electron chi connectivity index (χ3n) is 2.51. The van der Waals surface area contributed by atoms with E-state index in [1.165, 1.54) is 23.5 Å². The Morgan fingerprint density at radius 2 is 2.00 bits per heavy atom. The predicted octanol–water partition coefficient (Wildman–Crippen LogP) is 1.24. The minimum Gasteiger partial charge on any atom is -0.492 e. The normalized spacial score (nSPS) is 11.3. The molecule has 0 radical (unpaired) electrons. The van der Waals surface area contributed by atoms with Crippen molar-refractivity contribution in [3.05, 3.63) is 29.3 Å². The zero-order valence-corrected chi connectivity index (χ0v) is 13.1. The van der Waals surface area contributed by atoms with Crippen LogP contribution in [-0.4, -0.2) is 31.8 Å². The lowest BCUT2D eigenvalue weighted by atomic mass is 10.3. The minimum atomic E-state index is -3.67. The summed E-state index contributed by atoms with van der Waals surface area (Å²) >= 11 is 1.22. The van der Waals surface area contributed by atoms with Gasteiger partial charge in [0.2, 0.25) is 5.13 Å². The van der Waals surface area contributed by atoms with E-state index in [1.807, 2.05) is 6.92 Å². The molecule has 114 valence electrons. The van der Waals surface area contributed by atoms with E-state index in [9.17, 15) is 8.42 Å². The molecule has 9 heteroatoms. The lowest BCUT2D eigenvalue weighted by Crippen LogP contribution is -2.13. The van der Waals surface area contributed by atoms with E-state index in [-0.39, 0.29) is 10.0 Å². The maximum absolute atomic E-state index is 12.2. The van der Waals surface area contributed by atoms with Crippen molar-refractivity contribution in [1.82, 2.24) is 10.2 Å². The molecule has 3 N–H and O–H groups in total. The van der Waals surface area contributed by atoms with Crippen molar-refractivity contribution >= 4 is 26.5 Å². The Labute approximate surface area is 127 Å². The van der Waals surface area contributed by atoms with Crippen LogP contribution in [0, 0.1) is 0 Å². The smallest absolute Gasteiger partial charge is 0.263 e. The Kier molecular flexibility index (Phi) is 5.10. The summed E-state index contributed by atoms with van der Waals surface area (Å²) in [6.45, 7) is 2.71. The lowest BCUT2D eigenvalue weighted by molar-refractivity contribution is 0.328. The van der Waals surface area contributed by atoms with Crippen LogP contribution in [0.1, 0.15) is 11.9 Å². The highest BCUT2D eigenvalue weighted by Crippen LogP contribution is 2.21. The second-order valence-electron chi connectivity index (χ2n) is 4.07. The van der Waals surface area contributed by atoms with Crippen LogP contribution in [0.15, 0.2) is 29.2 Å². The summed E-state index contributed by atoms with van der Waals surface area (Å²) in [6, 6.07) is 6.11. The number of nitrogens with one attached hydrogen (secondary N) is 1. The molecule has 0 saturated heterocycles. The molecular formula is C12H16N4O3S2. The number of aromatic nitrogens is 2. The minimum absolute atomic E-state index is 0.135. The highest BCUT2D eigenvalue weighted by Gasteiger charge is 2.16. The van der Waals surface area contributed by atoms with Crippen LogP contribution >= 0.6 is 11.3 Å². The molecular weight excluding hydrogens is 312 g/mol. The van der Waals surface area contributed by atoms with Gasteiger partial charge in [0.15, 0.2) is 0 Å². The van der Waals surface area contributed by atoms with E-state index in [0.29, 0.717) is 25.3 Å². The van der Waals surface area contributed by atoms with Crippen molar-refractivity contribution in [3.8, 4) is 5.75 Å². The molecule has 0 unspecified atom stereocenters. The fraction of sp³-hybridized carbons (Fsp3) is 0.333. The van der Waals surface area contributed by atoms with Crippen molar-refractivity contribution in [3.63, 3.8) is 0 Å². The number of anilines is 1. The van der Waals surface area contributed by atoms with Gasteiger partial charge in [-0.2, -0.15) is 0 Å². The Hall–Kier alpha value is -1.71. The van der Waals surface area contributed by atoms with Gasteiger partial charge in [-0.05, 0) is 30.7 Å². The van der Waals surface area contributed by atoms with E-state index >= 15 is 0 Å². The molecule has 0 bridgehead atoms. The van der Waals surface area contributed by atoms with Gasteiger partial charge in [-0.3, -0.25) is 4.72 Å². The molecule has 0 spiro atoms. The van der Waals surface area contributed by atoms with E-state index in [0.717, 1.165) is 5.01 Å². The van der Waals surface area contributed by atoms with Crippen molar-refractivity contribution in [2.75, 3.05) is 17.9 Å². The van der Waals surface area contributed by atoms with Crippen LogP contribution in [-0.2, 0) is 16.4 Å². The van der Waals surface area contributed by atoms with E-state index in [4.69, 9.17) is 10.5 Å². The molecule has 0 atom stereocenters. The first kappa shape index (κ1) is 15.7. The summed E-state index contributed by atoms with van der Waals surface area (Å²) < 4.78 is 32.1. The second-order valence-corrected chi connectivity index (χ2v) is 6.81. The molecule has 1 heterocycles. The average Bonchev–Trinajstić information content (AvgIpc) is 2.92. The van der Waals surface area contributed by atoms with Crippen LogP contribution in [0.5, 0.6) is 5.75 Å². The summed E-state index contributed by atoms with van der Waals surface area (Å²) in [5.41, 5.74) is 5.33. The van der Waals surface area contributed by atoms with Gasteiger partial charge in [0.25, 0.3) is 10.0 Å². The molecule has 0 fully saturated rings. The second kappa shape index (κ2) is 6.83. The number of rotatable bonds is 7. The fourth-order valence-electron chi connectivity index (χ4n) is 1.50. The monoisotopic (exact) mass is 328 g/mol. The van der Waals surface area contributed by atoms with Gasteiger partial charge in [-0.1, -0.05) is 18.3 Å². The van der Waals surface area contributed by atoms with E-state index < -0.39 is 10.0 Å². The van der Waals surface area contributed by atoms with Gasteiger partial charge in [0.1, 0.15) is 17.4 Å². The summed E-state index contributed by atoms with van der Waals surface area (Å²) in [7, 11) is -3.67. The van der Waals surface area contributed by atoms with Crippen LogP contribution in [0.4, 0.5) is 5.13 Å². The Balaban J connectivity index is 2.11. The van der Waals surface area contributed by atoms with Crippen molar-refractivity contribution in [2.45, 2.75) is 18.2 Å². The number of aryl methyl sites for hydroxylation is 1. The third kappa shape index (κ3) is 4.13. The maximum Gasteiger partial charge on any atom is 0.263 e. The summed E-state index contributed by atoms with van der Waals surface area (Å²) in [5.74, 6) is 0.573. The molecule has 0 aliphatic carbocycles. The topological polar surface area (TPSA) is 107 Å². The van der Waals surface area contributed by atoms with Gasteiger partial charge in [-0.25, -0.2) is 8.42 Å². The molecule has 0 aliphatic rings. The molecule has 21 heavy (non-hydrogen) atoms. The predicted molar refractivity (Wildman–Crippen MR) is 81.1 cm³/mol. The Morgan fingerprint density at radius 1 is 1.29 bits per heavy atom. The molecule has 0 amide bonds. The molecule has 2 rings (SSSR count). The van der Waals surface area contributed by atoms with Crippen molar-refractivity contribution < 1.29 is 13.2 Å². The molecule has 2 aromatic rings. The number of ether oxygens (including phenoxy) is 1. The van der Waals surface area contributed by atoms with Gasteiger partial charge >= 0.3 is 0 Å². The maximum atomic E-state index is 12.2.